The van der Waals surface area contributed by atoms with Gasteiger partial charge in [-0.2, -0.15) is 0 Å². The van der Waals surface area contributed by atoms with Crippen molar-refractivity contribution >= 4 is 15.8 Å². The van der Waals surface area contributed by atoms with Gasteiger partial charge in [-0.15, -0.1) is 0 Å². The molecule has 0 N–H and O–H groups in total. The SMILES string of the molecule is Cn1nnnc1S(=O)(=O)C[C@@H]1CC(OC2CCCCO2)CC(=O)O1. The maximum atomic E-state index is 12.4. The molecule has 3 heterocycles. The molecule has 0 spiro atoms. The zero-order valence-corrected chi connectivity index (χ0v) is 14.1. The lowest BCUT2D eigenvalue weighted by Crippen LogP contribution is -2.40. The lowest BCUT2D eigenvalue weighted by Gasteiger charge is -2.32. The van der Waals surface area contributed by atoms with Crippen LogP contribution in [-0.2, 0) is 35.9 Å². The topological polar surface area (TPSA) is 123 Å². The minimum Gasteiger partial charge on any atom is -0.461 e. The molecule has 0 saturated carbocycles. The minimum atomic E-state index is -3.76. The molecule has 0 amide bonds. The molecule has 0 bridgehead atoms. The largest absolute Gasteiger partial charge is 0.461 e. The Hall–Kier alpha value is -1.59. The Morgan fingerprint density at radius 1 is 1.38 bits per heavy atom. The third-order valence-electron chi connectivity index (χ3n) is 3.97. The van der Waals surface area contributed by atoms with Crippen LogP contribution >= 0.6 is 0 Å². The van der Waals surface area contributed by atoms with E-state index in [1.807, 2.05) is 0 Å². The van der Waals surface area contributed by atoms with E-state index in [-0.39, 0.29) is 23.6 Å². The third kappa shape index (κ3) is 4.08. The van der Waals surface area contributed by atoms with E-state index in [1.54, 1.807) is 0 Å². The molecule has 2 aliphatic heterocycles. The van der Waals surface area contributed by atoms with Gasteiger partial charge in [0.15, 0.2) is 6.29 Å². The van der Waals surface area contributed by atoms with E-state index in [4.69, 9.17) is 14.2 Å². The summed E-state index contributed by atoms with van der Waals surface area (Å²) in [5.41, 5.74) is 0. The second-order valence-corrected chi connectivity index (χ2v) is 7.90. The molecular weight excluding hydrogens is 340 g/mol. The highest BCUT2D eigenvalue weighted by Crippen LogP contribution is 2.24. The molecule has 0 aromatic carbocycles. The van der Waals surface area contributed by atoms with Crippen LogP contribution in [0.5, 0.6) is 0 Å². The maximum absolute atomic E-state index is 12.4. The first-order valence-corrected chi connectivity index (χ1v) is 9.51. The van der Waals surface area contributed by atoms with Crippen LogP contribution in [-0.4, -0.2) is 65.5 Å². The highest BCUT2D eigenvalue weighted by Gasteiger charge is 2.36. The Kier molecular flexibility index (Phi) is 5.11. The number of carbonyl (C=O) groups is 1. The van der Waals surface area contributed by atoms with Crippen LogP contribution in [0.2, 0.25) is 0 Å². The zero-order valence-electron chi connectivity index (χ0n) is 13.3. The van der Waals surface area contributed by atoms with Crippen LogP contribution in [0.3, 0.4) is 0 Å². The minimum absolute atomic E-state index is 0.0991. The maximum Gasteiger partial charge on any atom is 0.308 e. The van der Waals surface area contributed by atoms with Crippen molar-refractivity contribution in [2.75, 3.05) is 12.4 Å². The Morgan fingerprint density at radius 3 is 2.88 bits per heavy atom. The summed E-state index contributed by atoms with van der Waals surface area (Å²) in [4.78, 5) is 11.8. The van der Waals surface area contributed by atoms with Crippen LogP contribution in [0.15, 0.2) is 5.16 Å². The lowest BCUT2D eigenvalue weighted by atomic mass is 10.1. The normalized spacial score (nSPS) is 28.5. The first-order valence-electron chi connectivity index (χ1n) is 7.86. The van der Waals surface area contributed by atoms with E-state index < -0.39 is 28.0 Å². The molecule has 0 radical (unpaired) electrons. The van der Waals surface area contributed by atoms with Gasteiger partial charge in [-0.1, -0.05) is 5.10 Å². The molecule has 134 valence electrons. The molecular formula is C13H20N4O6S. The highest BCUT2D eigenvalue weighted by molar-refractivity contribution is 7.91. The average Bonchev–Trinajstić information content (AvgIpc) is 2.94. The summed E-state index contributed by atoms with van der Waals surface area (Å²) in [6, 6.07) is 0. The molecule has 2 aliphatic rings. The summed E-state index contributed by atoms with van der Waals surface area (Å²) < 4.78 is 42.3. The van der Waals surface area contributed by atoms with E-state index in [0.717, 1.165) is 23.9 Å². The molecule has 3 rings (SSSR count). The van der Waals surface area contributed by atoms with Crippen molar-refractivity contribution in [3.05, 3.63) is 0 Å². The zero-order chi connectivity index (χ0) is 17.2. The quantitative estimate of drug-likeness (QED) is 0.645. The molecule has 1 aromatic heterocycles. The standard InChI is InChI=1S/C13H20N4O6S/c1-17-13(14-15-16-17)24(19,20)8-10-6-9(7-11(18)22-10)23-12-4-2-3-5-21-12/h9-10,12H,2-8H2,1H3/t9?,10-,12?/m0/s1. The van der Waals surface area contributed by atoms with Gasteiger partial charge in [0, 0.05) is 20.1 Å². The second kappa shape index (κ2) is 7.11. The summed E-state index contributed by atoms with van der Waals surface area (Å²) >= 11 is 0. The van der Waals surface area contributed by atoms with Gasteiger partial charge in [0.05, 0.1) is 18.3 Å². The van der Waals surface area contributed by atoms with Crippen LogP contribution in [0.1, 0.15) is 32.1 Å². The fourth-order valence-corrected chi connectivity index (χ4v) is 4.33. The van der Waals surface area contributed by atoms with Crippen LogP contribution in [0.4, 0.5) is 0 Å². The van der Waals surface area contributed by atoms with E-state index >= 15 is 0 Å². The lowest BCUT2D eigenvalue weighted by molar-refractivity contribution is -0.207. The molecule has 11 heteroatoms. The van der Waals surface area contributed by atoms with Gasteiger partial charge in [0.1, 0.15) is 6.10 Å². The Bertz CT molecular complexity index is 684. The summed E-state index contributed by atoms with van der Waals surface area (Å²) in [5, 5.41) is 10.1. The third-order valence-corrected chi connectivity index (χ3v) is 5.68. The smallest absolute Gasteiger partial charge is 0.308 e. The summed E-state index contributed by atoms with van der Waals surface area (Å²) in [6.45, 7) is 0.638. The second-order valence-electron chi connectivity index (χ2n) is 5.97. The number of hydrogen-bond donors (Lipinski definition) is 0. The van der Waals surface area contributed by atoms with Gasteiger partial charge < -0.3 is 14.2 Å². The first-order chi connectivity index (χ1) is 11.4. The molecule has 1 aromatic rings. The van der Waals surface area contributed by atoms with Crippen molar-refractivity contribution in [3.8, 4) is 0 Å². The van der Waals surface area contributed by atoms with E-state index in [9.17, 15) is 13.2 Å². The van der Waals surface area contributed by atoms with Gasteiger partial charge in [0.25, 0.3) is 5.16 Å². The Morgan fingerprint density at radius 2 is 2.21 bits per heavy atom. The predicted octanol–water partition coefficient (Wildman–Crippen LogP) is -0.399. The number of ether oxygens (including phenoxy) is 3. The molecule has 2 fully saturated rings. The van der Waals surface area contributed by atoms with E-state index in [0.29, 0.717) is 13.0 Å². The number of sulfone groups is 1. The number of nitrogens with zero attached hydrogens (tertiary/aromatic N) is 4. The number of aromatic nitrogens is 4. The first kappa shape index (κ1) is 17.2. The van der Waals surface area contributed by atoms with Crippen LogP contribution in [0, 0.1) is 0 Å². The Labute approximate surface area is 139 Å². The number of esters is 1. The number of hydrogen-bond acceptors (Lipinski definition) is 9. The van der Waals surface area contributed by atoms with Crippen molar-refractivity contribution in [2.45, 2.75) is 55.8 Å². The van der Waals surface area contributed by atoms with Crippen molar-refractivity contribution in [2.24, 2.45) is 7.05 Å². The van der Waals surface area contributed by atoms with E-state index in [2.05, 4.69) is 15.5 Å². The fourth-order valence-electron chi connectivity index (χ4n) is 2.89. The van der Waals surface area contributed by atoms with Gasteiger partial charge in [-0.25, -0.2) is 13.1 Å². The van der Waals surface area contributed by atoms with Gasteiger partial charge in [0.2, 0.25) is 9.84 Å². The highest BCUT2D eigenvalue weighted by atomic mass is 32.2. The van der Waals surface area contributed by atoms with E-state index in [1.165, 1.54) is 7.05 Å². The van der Waals surface area contributed by atoms with Gasteiger partial charge in [-0.3, -0.25) is 4.79 Å². The summed E-state index contributed by atoms with van der Waals surface area (Å²) in [5.74, 6) is -0.850. The number of cyclic esters (lactones) is 1. The van der Waals surface area contributed by atoms with Gasteiger partial charge >= 0.3 is 5.97 Å². The van der Waals surface area contributed by atoms with Gasteiger partial charge in [-0.05, 0) is 29.7 Å². The average molecular weight is 360 g/mol. The van der Waals surface area contributed by atoms with Crippen molar-refractivity contribution < 1.29 is 27.4 Å². The Balaban J connectivity index is 1.63. The number of tetrazole rings is 1. The van der Waals surface area contributed by atoms with Crippen LogP contribution in [0.25, 0.3) is 0 Å². The molecule has 2 saturated heterocycles. The van der Waals surface area contributed by atoms with Crippen LogP contribution < -0.4 is 0 Å². The molecule has 24 heavy (non-hydrogen) atoms. The fraction of sp³-hybridized carbons (Fsp3) is 0.846. The summed E-state index contributed by atoms with van der Waals surface area (Å²) in [6.07, 6.45) is 1.65. The predicted molar refractivity (Wildman–Crippen MR) is 78.4 cm³/mol. The molecule has 0 aliphatic carbocycles. The number of aryl methyl sites for hydroxylation is 1. The monoisotopic (exact) mass is 360 g/mol. The van der Waals surface area contributed by atoms with Crippen molar-refractivity contribution in [1.82, 2.24) is 20.2 Å². The van der Waals surface area contributed by atoms with Crippen molar-refractivity contribution in [3.63, 3.8) is 0 Å². The summed E-state index contributed by atoms with van der Waals surface area (Å²) in [7, 11) is -2.33. The number of rotatable bonds is 5. The van der Waals surface area contributed by atoms with Crippen molar-refractivity contribution in [1.29, 1.82) is 0 Å². The molecule has 2 unspecified atom stereocenters. The molecule has 3 atom stereocenters. The number of carbonyl (C=O) groups excluding carboxylic acids is 1. The molecule has 10 nitrogen and oxygen atoms in total.